The average molecular weight is 501 g/mol. The van der Waals surface area contributed by atoms with Crippen LogP contribution in [0.25, 0.3) is 10.4 Å². The highest BCUT2D eigenvalue weighted by atomic mass is 32.1. The first-order valence-corrected chi connectivity index (χ1v) is 12.8. The highest BCUT2D eigenvalue weighted by molar-refractivity contribution is 7.13. The van der Waals surface area contributed by atoms with Crippen molar-refractivity contribution in [1.29, 1.82) is 0 Å². The van der Waals surface area contributed by atoms with E-state index < -0.39 is 30.1 Å². The molecule has 2 amide bonds. The van der Waals surface area contributed by atoms with Gasteiger partial charge in [0.05, 0.1) is 34.3 Å². The first kappa shape index (κ1) is 27.0. The number of carbonyl (C=O) groups is 3. The van der Waals surface area contributed by atoms with Crippen molar-refractivity contribution in [3.05, 3.63) is 41.0 Å². The predicted octanol–water partition coefficient (Wildman–Crippen LogP) is 2.33. The maximum absolute atomic E-state index is 13.2. The van der Waals surface area contributed by atoms with Crippen LogP contribution in [0.4, 0.5) is 0 Å². The number of nitrogens with zero attached hydrogens (tertiary/aromatic N) is 2. The fourth-order valence-electron chi connectivity index (χ4n) is 4.57. The molecule has 3 rings (SSSR count). The van der Waals surface area contributed by atoms with Gasteiger partial charge in [-0.1, -0.05) is 45.0 Å². The van der Waals surface area contributed by atoms with Crippen molar-refractivity contribution in [1.82, 2.24) is 20.5 Å². The topological polar surface area (TPSA) is 112 Å². The lowest BCUT2D eigenvalue weighted by molar-refractivity contribution is -0.142. The molecule has 0 spiro atoms. The van der Waals surface area contributed by atoms with Crippen LogP contribution in [0.5, 0.6) is 0 Å². The van der Waals surface area contributed by atoms with Crippen LogP contribution in [0.3, 0.4) is 0 Å². The Morgan fingerprint density at radius 3 is 2.40 bits per heavy atom. The number of rotatable bonds is 8. The fourth-order valence-corrected chi connectivity index (χ4v) is 5.38. The summed E-state index contributed by atoms with van der Waals surface area (Å²) in [6.07, 6.45) is -0.301. The van der Waals surface area contributed by atoms with Crippen molar-refractivity contribution in [2.75, 3.05) is 13.6 Å². The number of benzene rings is 1. The maximum atomic E-state index is 13.2. The highest BCUT2D eigenvalue weighted by Gasteiger charge is 2.43. The molecule has 0 aliphatic carbocycles. The summed E-state index contributed by atoms with van der Waals surface area (Å²) < 4.78 is 0. The van der Waals surface area contributed by atoms with E-state index in [0.29, 0.717) is 6.42 Å². The molecule has 1 aromatic carbocycles. The number of hydrogen-bond acceptors (Lipinski definition) is 7. The number of aliphatic hydroxyl groups is 1. The summed E-state index contributed by atoms with van der Waals surface area (Å²) >= 11 is 1.58. The molecule has 0 bridgehead atoms. The molecule has 4 atom stereocenters. The largest absolute Gasteiger partial charge is 0.391 e. The number of likely N-dealkylation sites (N-methyl/N-ethyl adjacent to an activating group) is 1. The van der Waals surface area contributed by atoms with E-state index in [4.69, 9.17) is 0 Å². The summed E-state index contributed by atoms with van der Waals surface area (Å²) in [5.41, 5.74) is 4.39. The molecule has 35 heavy (non-hydrogen) atoms. The number of likely N-dealkylation sites (tertiary alicyclic amines) is 1. The lowest BCUT2D eigenvalue weighted by Gasteiger charge is -2.35. The van der Waals surface area contributed by atoms with Crippen molar-refractivity contribution < 1.29 is 19.5 Å². The standard InChI is InChI=1S/C26H36N4O4S/c1-15-22(35-14-28-15)18-9-7-17(8-10-18)11-20(16(2)31)29-24(33)21-12-19(32)13-30(21)25(34)23(27-6)26(3,4)5/h7-10,14,19-21,23,27,32H,11-13H2,1-6H3,(H,29,33)/t19-,20-,21+,23-/m1/s1. The van der Waals surface area contributed by atoms with Crippen LogP contribution in [0.2, 0.25) is 0 Å². The Morgan fingerprint density at radius 2 is 1.89 bits per heavy atom. The van der Waals surface area contributed by atoms with Gasteiger partial charge in [-0.05, 0) is 43.9 Å². The number of β-amino-alcohol motifs (C(OH)–C–C–N with tert-alkyl or cyclic N) is 1. The van der Waals surface area contributed by atoms with Crippen molar-refractivity contribution in [2.45, 2.75) is 71.7 Å². The zero-order valence-corrected chi connectivity index (χ0v) is 22.1. The average Bonchev–Trinajstić information content (AvgIpc) is 3.38. The number of ketones is 1. The first-order valence-electron chi connectivity index (χ1n) is 11.9. The highest BCUT2D eigenvalue weighted by Crippen LogP contribution is 2.28. The van der Waals surface area contributed by atoms with Gasteiger partial charge in [0.25, 0.3) is 0 Å². The third-order valence-corrected chi connectivity index (χ3v) is 7.45. The van der Waals surface area contributed by atoms with Crippen LogP contribution < -0.4 is 10.6 Å². The number of thiazole rings is 1. The summed E-state index contributed by atoms with van der Waals surface area (Å²) in [5, 5.41) is 16.1. The molecular formula is C26H36N4O4S. The van der Waals surface area contributed by atoms with Crippen LogP contribution in [0, 0.1) is 12.3 Å². The molecule has 0 saturated carbocycles. The third kappa shape index (κ3) is 6.34. The lowest BCUT2D eigenvalue weighted by atomic mass is 9.86. The van der Waals surface area contributed by atoms with Crippen LogP contribution in [0.15, 0.2) is 29.8 Å². The first-order chi connectivity index (χ1) is 16.4. The number of hydrogen-bond donors (Lipinski definition) is 3. The molecule has 8 nitrogen and oxygen atoms in total. The molecule has 1 aliphatic heterocycles. The normalized spacial score (nSPS) is 19.9. The van der Waals surface area contributed by atoms with E-state index in [1.165, 1.54) is 11.8 Å². The quantitative estimate of drug-likeness (QED) is 0.513. The number of Topliss-reactive ketones (excluding diaryl/α,β-unsaturated/α-hetero) is 1. The van der Waals surface area contributed by atoms with E-state index in [-0.39, 0.29) is 30.1 Å². The Bertz CT molecular complexity index is 1060. The number of aliphatic hydroxyl groups excluding tert-OH is 1. The Labute approximate surface area is 211 Å². The minimum Gasteiger partial charge on any atom is -0.391 e. The fraction of sp³-hybridized carbons (Fsp3) is 0.538. The van der Waals surface area contributed by atoms with Crippen LogP contribution in [-0.2, 0) is 20.8 Å². The molecule has 3 N–H and O–H groups in total. The molecule has 1 aromatic heterocycles. The van der Waals surface area contributed by atoms with E-state index in [1.54, 1.807) is 18.4 Å². The summed E-state index contributed by atoms with van der Waals surface area (Å²) in [4.78, 5) is 45.7. The van der Waals surface area contributed by atoms with Gasteiger partial charge in [-0.25, -0.2) is 4.98 Å². The number of amides is 2. The molecule has 0 unspecified atom stereocenters. The summed E-state index contributed by atoms with van der Waals surface area (Å²) in [7, 11) is 1.71. The van der Waals surface area contributed by atoms with Gasteiger partial charge in [-0.3, -0.25) is 14.4 Å². The number of aryl methyl sites for hydroxylation is 1. The van der Waals surface area contributed by atoms with E-state index in [9.17, 15) is 19.5 Å². The Balaban J connectivity index is 1.72. The van der Waals surface area contributed by atoms with E-state index in [1.807, 2.05) is 57.5 Å². The second-order valence-electron chi connectivity index (χ2n) is 10.3. The van der Waals surface area contributed by atoms with E-state index in [0.717, 1.165) is 21.7 Å². The van der Waals surface area contributed by atoms with Crippen LogP contribution in [0.1, 0.15) is 45.4 Å². The number of carbonyl (C=O) groups excluding carboxylic acids is 3. The Hall–Kier alpha value is -2.62. The van der Waals surface area contributed by atoms with Gasteiger partial charge in [0, 0.05) is 13.0 Å². The van der Waals surface area contributed by atoms with Crippen LogP contribution >= 0.6 is 11.3 Å². The minimum absolute atomic E-state index is 0.0916. The van der Waals surface area contributed by atoms with Gasteiger partial charge in [0.15, 0.2) is 5.78 Å². The van der Waals surface area contributed by atoms with Gasteiger partial charge in [-0.2, -0.15) is 0 Å². The third-order valence-electron chi connectivity index (χ3n) is 6.48. The predicted molar refractivity (Wildman–Crippen MR) is 137 cm³/mol. The Morgan fingerprint density at radius 1 is 1.23 bits per heavy atom. The monoisotopic (exact) mass is 500 g/mol. The number of aromatic nitrogens is 1. The van der Waals surface area contributed by atoms with Gasteiger partial charge in [0.2, 0.25) is 11.8 Å². The van der Waals surface area contributed by atoms with Crippen molar-refractivity contribution in [2.24, 2.45) is 5.41 Å². The Kier molecular flexibility index (Phi) is 8.46. The molecule has 1 saturated heterocycles. The molecule has 2 heterocycles. The number of nitrogens with one attached hydrogen (secondary N) is 2. The maximum Gasteiger partial charge on any atom is 0.243 e. The minimum atomic E-state index is -0.825. The smallest absolute Gasteiger partial charge is 0.243 e. The molecule has 9 heteroatoms. The molecular weight excluding hydrogens is 464 g/mol. The molecule has 190 valence electrons. The molecule has 0 radical (unpaired) electrons. The van der Waals surface area contributed by atoms with Crippen molar-refractivity contribution in [3.63, 3.8) is 0 Å². The summed E-state index contributed by atoms with van der Waals surface area (Å²) in [6.45, 7) is 9.34. The zero-order valence-electron chi connectivity index (χ0n) is 21.3. The molecule has 2 aromatic rings. The summed E-state index contributed by atoms with van der Waals surface area (Å²) in [6, 6.07) is 5.83. The molecule has 1 aliphatic rings. The van der Waals surface area contributed by atoms with Crippen molar-refractivity contribution in [3.8, 4) is 10.4 Å². The summed E-state index contributed by atoms with van der Waals surface area (Å²) in [5.74, 6) is -0.819. The van der Waals surface area contributed by atoms with Crippen LogP contribution in [-0.4, -0.2) is 70.4 Å². The second-order valence-corrected chi connectivity index (χ2v) is 11.2. The van der Waals surface area contributed by atoms with Gasteiger partial charge in [-0.15, -0.1) is 11.3 Å². The van der Waals surface area contributed by atoms with E-state index in [2.05, 4.69) is 15.6 Å². The molecule has 1 fully saturated rings. The lowest BCUT2D eigenvalue weighted by Crippen LogP contribution is -2.57. The van der Waals surface area contributed by atoms with Gasteiger partial charge in [0.1, 0.15) is 6.04 Å². The van der Waals surface area contributed by atoms with Gasteiger partial charge < -0.3 is 20.6 Å². The second kappa shape index (κ2) is 11.0. The van der Waals surface area contributed by atoms with Crippen molar-refractivity contribution >= 4 is 28.9 Å². The van der Waals surface area contributed by atoms with E-state index >= 15 is 0 Å². The van der Waals surface area contributed by atoms with Gasteiger partial charge >= 0.3 is 0 Å². The zero-order chi connectivity index (χ0) is 25.9. The SMILES string of the molecule is CN[C@H](C(=O)N1C[C@H](O)C[C@H]1C(=O)N[C@H](Cc1ccc(-c2scnc2C)cc1)C(C)=O)C(C)(C)C.